The lowest BCUT2D eigenvalue weighted by molar-refractivity contribution is -0.380. The van der Waals surface area contributed by atoms with Crippen molar-refractivity contribution >= 4 is 25.8 Å². The van der Waals surface area contributed by atoms with Gasteiger partial charge in [-0.25, -0.2) is 9.36 Å². The third-order valence-electron chi connectivity index (χ3n) is 1.57. The number of carbonyl (C=O) groups is 2. The highest BCUT2D eigenvalue weighted by Gasteiger charge is 2.26. The van der Waals surface area contributed by atoms with Crippen molar-refractivity contribution in [1.82, 2.24) is 5.06 Å². The molecule has 134 valence electrons. The molecule has 23 heavy (non-hydrogen) atoms. The van der Waals surface area contributed by atoms with Crippen LogP contribution in [0.4, 0.5) is 4.79 Å². The molecular formula is C9H18N3O10P. The highest BCUT2D eigenvalue weighted by Crippen LogP contribution is 2.44. The molecule has 0 bridgehead atoms. The average Bonchev–Trinajstić information content (AvgIpc) is 2.34. The van der Waals surface area contributed by atoms with Crippen LogP contribution in [-0.4, -0.2) is 52.8 Å². The quantitative estimate of drug-likeness (QED) is 0.106. The summed E-state index contributed by atoms with van der Waals surface area (Å²) in [4.78, 5) is 39.3. The number of aliphatic hydroxyl groups is 1. The van der Waals surface area contributed by atoms with Crippen LogP contribution in [0, 0.1) is 0 Å². The molecule has 2 atom stereocenters. The second kappa shape index (κ2) is 9.27. The van der Waals surface area contributed by atoms with Gasteiger partial charge in [0.15, 0.2) is 0 Å². The molecule has 0 fully saturated rings. The summed E-state index contributed by atoms with van der Waals surface area (Å²) in [5, 5.41) is 9.68. The topological polar surface area (TPSA) is 179 Å². The molecule has 2 unspecified atom stereocenters. The Labute approximate surface area is 131 Å². The van der Waals surface area contributed by atoms with E-state index >= 15 is 0 Å². The lowest BCUT2D eigenvalue weighted by atomic mass is 10.5. The second-order valence-corrected chi connectivity index (χ2v) is 5.37. The van der Waals surface area contributed by atoms with Gasteiger partial charge < -0.3 is 30.0 Å². The highest BCUT2D eigenvalue weighted by molar-refractivity contribution is 7.51. The molecule has 0 aromatic rings. The van der Waals surface area contributed by atoms with Crippen molar-refractivity contribution in [3.05, 3.63) is 0 Å². The third-order valence-corrected chi connectivity index (χ3v) is 2.31. The van der Waals surface area contributed by atoms with E-state index in [0.29, 0.717) is 5.06 Å². The molecule has 0 saturated carbocycles. The Morgan fingerprint density at radius 3 is 2.35 bits per heavy atom. The van der Waals surface area contributed by atoms with Crippen molar-refractivity contribution in [2.45, 2.75) is 33.4 Å². The van der Waals surface area contributed by atoms with Crippen LogP contribution in [0.5, 0.6) is 0 Å². The molecule has 0 saturated heterocycles. The van der Waals surface area contributed by atoms with Crippen LogP contribution in [-0.2, 0) is 33.2 Å². The molecule has 0 aliphatic carbocycles. The minimum absolute atomic E-state index is 0.527. The monoisotopic (exact) mass is 359 g/mol. The largest absolute Gasteiger partial charge is 0.512 e. The molecule has 13 nitrogen and oxygen atoms in total. The lowest BCUT2D eigenvalue weighted by Crippen LogP contribution is -2.35. The van der Waals surface area contributed by atoms with Crippen molar-refractivity contribution in [2.24, 2.45) is 10.5 Å². The first-order valence-electron chi connectivity index (χ1n) is 5.94. The molecule has 0 aromatic heterocycles. The Morgan fingerprint density at radius 1 is 1.30 bits per heavy atom. The van der Waals surface area contributed by atoms with E-state index in [1.807, 2.05) is 0 Å². The Balaban J connectivity index is 4.49. The summed E-state index contributed by atoms with van der Waals surface area (Å²) >= 11 is 0. The number of rotatable bonds is 6. The van der Waals surface area contributed by atoms with Crippen molar-refractivity contribution in [1.29, 1.82) is 0 Å². The van der Waals surface area contributed by atoms with E-state index in [2.05, 4.69) is 28.6 Å². The molecule has 0 aromatic carbocycles. The van der Waals surface area contributed by atoms with Gasteiger partial charge in [0.2, 0.25) is 5.96 Å². The van der Waals surface area contributed by atoms with Crippen molar-refractivity contribution in [3.63, 3.8) is 0 Å². The fourth-order valence-electron chi connectivity index (χ4n) is 0.864. The van der Waals surface area contributed by atoms with E-state index in [1.165, 1.54) is 13.8 Å². The summed E-state index contributed by atoms with van der Waals surface area (Å²) in [6, 6.07) is 0. The summed E-state index contributed by atoms with van der Waals surface area (Å²) < 4.78 is 27.0. The van der Waals surface area contributed by atoms with Crippen LogP contribution in [0.2, 0.25) is 0 Å². The lowest BCUT2D eigenvalue weighted by Gasteiger charge is -2.17. The summed E-state index contributed by atoms with van der Waals surface area (Å²) in [5.74, 6) is -1.47. The van der Waals surface area contributed by atoms with Gasteiger partial charge in [0, 0.05) is 14.0 Å². The van der Waals surface area contributed by atoms with Crippen LogP contribution in [0.1, 0.15) is 20.8 Å². The molecule has 0 heterocycles. The number of hydrogen-bond acceptors (Lipinski definition) is 9. The van der Waals surface area contributed by atoms with E-state index < -0.39 is 38.4 Å². The van der Waals surface area contributed by atoms with Crippen LogP contribution in [0.3, 0.4) is 0 Å². The van der Waals surface area contributed by atoms with Gasteiger partial charge in [0.05, 0.1) is 6.10 Å². The smallest absolute Gasteiger partial charge is 0.431 e. The number of ether oxygens (including phenoxy) is 2. The standard InChI is InChI=1S/C9H18N3O10P/c1-5(2)18-8(14)19-9(15)21-22-23(16,17)11-7(10)12(4)20-6(3)13/h5,9,15H,1-4H3,(H3,10,11,16,17). The first-order valence-corrected chi connectivity index (χ1v) is 7.47. The SMILES string of the molecule is CC(=O)ON(C)/C(N)=N\P(=O)(O)OOC(O)OC(=O)OC(C)C. The second-order valence-electron chi connectivity index (χ2n) is 4.04. The number of nitrogens with zero attached hydrogens (tertiary/aromatic N) is 2. The molecule has 0 spiro atoms. The minimum Gasteiger partial charge on any atom is -0.431 e. The molecule has 0 aliphatic heterocycles. The van der Waals surface area contributed by atoms with Crippen molar-refractivity contribution < 1.29 is 48.0 Å². The van der Waals surface area contributed by atoms with Gasteiger partial charge in [-0.15, -0.1) is 9.44 Å². The van der Waals surface area contributed by atoms with Crippen LogP contribution < -0.4 is 5.73 Å². The van der Waals surface area contributed by atoms with Crippen LogP contribution >= 0.6 is 7.75 Å². The Bertz CT molecular complexity index is 496. The number of hydroxylamine groups is 2. The molecule has 0 aliphatic rings. The molecule has 0 amide bonds. The van der Waals surface area contributed by atoms with Gasteiger partial charge in [0.25, 0.3) is 0 Å². The minimum atomic E-state index is -4.86. The van der Waals surface area contributed by atoms with Gasteiger partial charge >= 0.3 is 26.3 Å². The normalized spacial score (nSPS) is 15.5. The Hall–Kier alpha value is -1.92. The van der Waals surface area contributed by atoms with Gasteiger partial charge in [-0.2, -0.15) is 9.95 Å². The summed E-state index contributed by atoms with van der Waals surface area (Å²) in [5.41, 5.74) is 5.26. The van der Waals surface area contributed by atoms with Gasteiger partial charge in [-0.05, 0) is 13.8 Å². The predicted molar refractivity (Wildman–Crippen MR) is 71.9 cm³/mol. The maximum absolute atomic E-state index is 11.5. The van der Waals surface area contributed by atoms with Gasteiger partial charge in [-0.3, -0.25) is 4.79 Å². The highest BCUT2D eigenvalue weighted by atomic mass is 31.2. The zero-order valence-electron chi connectivity index (χ0n) is 12.7. The summed E-state index contributed by atoms with van der Waals surface area (Å²) in [7, 11) is -3.73. The van der Waals surface area contributed by atoms with E-state index in [0.717, 1.165) is 14.0 Å². The predicted octanol–water partition coefficient (Wildman–Crippen LogP) is -0.403. The first-order chi connectivity index (χ1) is 10.4. The Morgan fingerprint density at radius 2 is 1.87 bits per heavy atom. The van der Waals surface area contributed by atoms with E-state index in [9.17, 15) is 19.0 Å². The van der Waals surface area contributed by atoms with E-state index in [-0.39, 0.29) is 0 Å². The maximum Gasteiger partial charge on any atom is 0.512 e. The molecule has 0 rings (SSSR count). The van der Waals surface area contributed by atoms with Gasteiger partial charge in [0.1, 0.15) is 0 Å². The molecular weight excluding hydrogens is 341 g/mol. The maximum atomic E-state index is 11.5. The van der Waals surface area contributed by atoms with Crippen LogP contribution in [0.25, 0.3) is 0 Å². The zero-order valence-corrected chi connectivity index (χ0v) is 13.6. The third kappa shape index (κ3) is 10.4. The van der Waals surface area contributed by atoms with E-state index in [4.69, 9.17) is 10.8 Å². The van der Waals surface area contributed by atoms with Gasteiger partial charge in [-0.1, -0.05) is 0 Å². The summed E-state index contributed by atoms with van der Waals surface area (Å²) in [6.07, 6.45) is -1.83. The molecule has 4 N–H and O–H groups in total. The van der Waals surface area contributed by atoms with Crippen molar-refractivity contribution in [3.8, 4) is 0 Å². The fourth-order valence-corrected chi connectivity index (χ4v) is 1.47. The van der Waals surface area contributed by atoms with E-state index in [1.54, 1.807) is 0 Å². The average molecular weight is 359 g/mol. The number of aliphatic hydroxyl groups excluding tert-OH is 1. The fraction of sp³-hybridized carbons (Fsp3) is 0.667. The zero-order chi connectivity index (χ0) is 18.2. The number of carbonyl (C=O) groups excluding carboxylic acids is 2. The van der Waals surface area contributed by atoms with Crippen molar-refractivity contribution in [2.75, 3.05) is 7.05 Å². The van der Waals surface area contributed by atoms with Crippen LogP contribution in [0.15, 0.2) is 4.76 Å². The number of nitrogens with two attached hydrogens (primary N) is 1. The molecule has 14 heteroatoms. The Kier molecular flexibility index (Phi) is 8.50. The molecule has 0 radical (unpaired) electrons. The number of guanidine groups is 1. The summed E-state index contributed by atoms with van der Waals surface area (Å²) in [6.45, 7) is 1.74. The first kappa shape index (κ1) is 21.1. The number of hydrogen-bond donors (Lipinski definition) is 3.